The number of benzene rings is 2. The molecule has 2 aromatic rings. The van der Waals surface area contributed by atoms with Gasteiger partial charge in [0.25, 0.3) is 0 Å². The Morgan fingerprint density at radius 2 is 1.78 bits per heavy atom. The van der Waals surface area contributed by atoms with Crippen molar-refractivity contribution >= 4 is 29.9 Å². The summed E-state index contributed by atoms with van der Waals surface area (Å²) in [6, 6.07) is 15.1. The summed E-state index contributed by atoms with van der Waals surface area (Å²) in [5.74, 6) is 1.78. The molecule has 7 heteroatoms. The number of aliphatic imine (C=N–C) groups is 1. The van der Waals surface area contributed by atoms with Crippen LogP contribution in [-0.2, 0) is 24.2 Å². The quantitative estimate of drug-likeness (QED) is 0.282. The summed E-state index contributed by atoms with van der Waals surface area (Å²) in [6.07, 6.45) is 0.880. The summed E-state index contributed by atoms with van der Waals surface area (Å²) in [4.78, 5) is 7.19. The molecule has 0 radical (unpaired) electrons. The molecule has 1 aliphatic rings. The van der Waals surface area contributed by atoms with Crippen LogP contribution in [0.25, 0.3) is 0 Å². The topological polar surface area (TPSA) is 58.1 Å². The third-order valence-electron chi connectivity index (χ3n) is 5.42. The lowest BCUT2D eigenvalue weighted by Gasteiger charge is -2.26. The van der Waals surface area contributed by atoms with E-state index in [2.05, 4.69) is 65.8 Å². The van der Waals surface area contributed by atoms with E-state index in [4.69, 9.17) is 14.5 Å². The third kappa shape index (κ3) is 8.60. The highest BCUT2D eigenvalue weighted by Gasteiger charge is 2.10. The first-order chi connectivity index (χ1) is 15.2. The van der Waals surface area contributed by atoms with E-state index in [9.17, 15) is 0 Å². The molecule has 0 unspecified atom stereocenters. The Morgan fingerprint density at radius 1 is 1.06 bits per heavy atom. The molecule has 0 bridgehead atoms. The molecule has 0 atom stereocenters. The van der Waals surface area contributed by atoms with Gasteiger partial charge >= 0.3 is 0 Å². The Hall–Kier alpha value is -1.84. The van der Waals surface area contributed by atoms with E-state index >= 15 is 0 Å². The Balaban J connectivity index is 0.00000363. The second-order valence-corrected chi connectivity index (χ2v) is 7.89. The van der Waals surface area contributed by atoms with E-state index in [0.717, 1.165) is 64.1 Å². The molecular weight excluding hydrogens is 515 g/mol. The van der Waals surface area contributed by atoms with Gasteiger partial charge in [-0.05, 0) is 43.0 Å². The van der Waals surface area contributed by atoms with Crippen molar-refractivity contribution < 1.29 is 9.47 Å². The number of morpholine rings is 1. The predicted octanol–water partition coefficient (Wildman–Crippen LogP) is 3.75. The molecule has 32 heavy (non-hydrogen) atoms. The standard InChI is InChI=1S/C25H36N4O2.HI/c1-4-26-25(27-12-11-23-17-20(2)5-10-24(23)30-3)28-18-21-6-8-22(9-7-21)19-29-13-15-31-16-14-29;/h5-10,17H,4,11-16,18-19H2,1-3H3,(H2,26,27,28);1H. The number of guanidine groups is 1. The van der Waals surface area contributed by atoms with E-state index in [1.54, 1.807) is 7.11 Å². The monoisotopic (exact) mass is 552 g/mol. The van der Waals surface area contributed by atoms with Gasteiger partial charge in [0.1, 0.15) is 5.75 Å². The molecule has 0 spiro atoms. The van der Waals surface area contributed by atoms with Gasteiger partial charge < -0.3 is 20.1 Å². The Kier molecular flexibility index (Phi) is 11.8. The van der Waals surface area contributed by atoms with Crippen molar-refractivity contribution in [2.45, 2.75) is 33.4 Å². The maximum Gasteiger partial charge on any atom is 0.191 e. The van der Waals surface area contributed by atoms with Crippen molar-refractivity contribution in [1.82, 2.24) is 15.5 Å². The number of nitrogens with zero attached hydrogens (tertiary/aromatic N) is 2. The molecule has 1 aliphatic heterocycles. The smallest absolute Gasteiger partial charge is 0.191 e. The number of hydrogen-bond donors (Lipinski definition) is 2. The summed E-state index contributed by atoms with van der Waals surface area (Å²) >= 11 is 0. The number of methoxy groups -OCH3 is 1. The second-order valence-electron chi connectivity index (χ2n) is 7.89. The highest BCUT2D eigenvalue weighted by molar-refractivity contribution is 14.0. The summed E-state index contributed by atoms with van der Waals surface area (Å²) in [6.45, 7) is 11.2. The lowest BCUT2D eigenvalue weighted by molar-refractivity contribution is 0.0342. The van der Waals surface area contributed by atoms with Crippen LogP contribution >= 0.6 is 24.0 Å². The van der Waals surface area contributed by atoms with E-state index < -0.39 is 0 Å². The first-order valence-electron chi connectivity index (χ1n) is 11.2. The predicted molar refractivity (Wildman–Crippen MR) is 142 cm³/mol. The van der Waals surface area contributed by atoms with Gasteiger partial charge in [0, 0.05) is 32.7 Å². The van der Waals surface area contributed by atoms with Gasteiger partial charge in [0.15, 0.2) is 5.96 Å². The minimum Gasteiger partial charge on any atom is -0.496 e. The molecular formula is C25H37IN4O2. The minimum absolute atomic E-state index is 0. The molecule has 1 fully saturated rings. The maximum atomic E-state index is 5.49. The van der Waals surface area contributed by atoms with Crippen molar-refractivity contribution in [3.8, 4) is 5.75 Å². The number of nitrogens with one attached hydrogen (secondary N) is 2. The van der Waals surface area contributed by atoms with Crippen molar-refractivity contribution in [1.29, 1.82) is 0 Å². The fraction of sp³-hybridized carbons (Fsp3) is 0.480. The average Bonchev–Trinajstić information content (AvgIpc) is 2.79. The van der Waals surface area contributed by atoms with Crippen molar-refractivity contribution in [2.75, 3.05) is 46.5 Å². The summed E-state index contributed by atoms with van der Waals surface area (Å²) < 4.78 is 10.9. The first kappa shape index (κ1) is 26.4. The Labute approximate surface area is 209 Å². The Morgan fingerprint density at radius 3 is 2.47 bits per heavy atom. The molecule has 1 heterocycles. The lowest BCUT2D eigenvalue weighted by atomic mass is 10.1. The van der Waals surface area contributed by atoms with Crippen LogP contribution in [0.2, 0.25) is 0 Å². The fourth-order valence-electron chi connectivity index (χ4n) is 3.70. The van der Waals surface area contributed by atoms with Crippen LogP contribution in [0.3, 0.4) is 0 Å². The van der Waals surface area contributed by atoms with Crippen molar-refractivity contribution in [3.63, 3.8) is 0 Å². The molecule has 176 valence electrons. The van der Waals surface area contributed by atoms with Crippen LogP contribution in [-0.4, -0.2) is 57.4 Å². The molecule has 0 amide bonds. The van der Waals surface area contributed by atoms with E-state index in [0.29, 0.717) is 6.54 Å². The summed E-state index contributed by atoms with van der Waals surface area (Å²) in [5.41, 5.74) is 5.00. The summed E-state index contributed by atoms with van der Waals surface area (Å²) in [7, 11) is 1.72. The maximum absolute atomic E-state index is 5.49. The van der Waals surface area contributed by atoms with Crippen LogP contribution in [0.1, 0.15) is 29.2 Å². The number of ether oxygens (including phenoxy) is 2. The van der Waals surface area contributed by atoms with Gasteiger partial charge in [-0.1, -0.05) is 42.0 Å². The van der Waals surface area contributed by atoms with Gasteiger partial charge in [-0.25, -0.2) is 4.99 Å². The molecule has 2 N–H and O–H groups in total. The SMILES string of the molecule is CCNC(=NCc1ccc(CN2CCOCC2)cc1)NCCc1cc(C)ccc1OC.I. The van der Waals surface area contributed by atoms with E-state index in [-0.39, 0.29) is 24.0 Å². The zero-order chi connectivity index (χ0) is 21.9. The molecule has 0 aromatic heterocycles. The molecule has 1 saturated heterocycles. The largest absolute Gasteiger partial charge is 0.496 e. The van der Waals surface area contributed by atoms with Crippen LogP contribution < -0.4 is 15.4 Å². The highest BCUT2D eigenvalue weighted by Crippen LogP contribution is 2.19. The molecule has 2 aromatic carbocycles. The van der Waals surface area contributed by atoms with Crippen LogP contribution in [0, 0.1) is 6.92 Å². The van der Waals surface area contributed by atoms with Gasteiger partial charge in [-0.2, -0.15) is 0 Å². The summed E-state index contributed by atoms with van der Waals surface area (Å²) in [5, 5.41) is 6.77. The number of hydrogen-bond acceptors (Lipinski definition) is 4. The second kappa shape index (κ2) is 14.3. The van der Waals surface area contributed by atoms with Gasteiger partial charge in [0.05, 0.1) is 26.9 Å². The fourth-order valence-corrected chi connectivity index (χ4v) is 3.70. The minimum atomic E-state index is 0. The first-order valence-corrected chi connectivity index (χ1v) is 11.2. The molecule has 3 rings (SSSR count). The van der Waals surface area contributed by atoms with Crippen LogP contribution in [0.5, 0.6) is 5.75 Å². The molecule has 6 nitrogen and oxygen atoms in total. The van der Waals surface area contributed by atoms with Gasteiger partial charge in [-0.3, -0.25) is 4.90 Å². The number of aryl methyl sites for hydroxylation is 1. The lowest BCUT2D eigenvalue weighted by Crippen LogP contribution is -2.38. The van der Waals surface area contributed by atoms with Gasteiger partial charge in [0.2, 0.25) is 0 Å². The Bertz CT molecular complexity index is 836. The zero-order valence-corrected chi connectivity index (χ0v) is 21.9. The van der Waals surface area contributed by atoms with Crippen molar-refractivity contribution in [3.05, 3.63) is 64.7 Å². The normalized spacial score (nSPS) is 14.5. The third-order valence-corrected chi connectivity index (χ3v) is 5.42. The average molecular weight is 553 g/mol. The van der Waals surface area contributed by atoms with Crippen LogP contribution in [0.15, 0.2) is 47.5 Å². The highest BCUT2D eigenvalue weighted by atomic mass is 127. The zero-order valence-electron chi connectivity index (χ0n) is 19.5. The number of halogens is 1. The van der Waals surface area contributed by atoms with Crippen LogP contribution in [0.4, 0.5) is 0 Å². The van der Waals surface area contributed by atoms with E-state index in [1.165, 1.54) is 22.3 Å². The van der Waals surface area contributed by atoms with Crippen molar-refractivity contribution in [2.24, 2.45) is 4.99 Å². The number of rotatable bonds is 9. The van der Waals surface area contributed by atoms with Gasteiger partial charge in [-0.15, -0.1) is 24.0 Å². The molecule has 0 saturated carbocycles. The van der Waals surface area contributed by atoms with E-state index in [1.807, 2.05) is 6.07 Å². The molecule has 0 aliphatic carbocycles.